The van der Waals surface area contributed by atoms with Gasteiger partial charge in [-0.2, -0.15) is 0 Å². The number of hydrogen-bond acceptors (Lipinski definition) is 3. The molecule has 0 heterocycles. The second-order valence-corrected chi connectivity index (χ2v) is 5.67. The van der Waals surface area contributed by atoms with Crippen LogP contribution < -0.4 is 5.73 Å². The van der Waals surface area contributed by atoms with E-state index < -0.39 is 0 Å². The van der Waals surface area contributed by atoms with Gasteiger partial charge in [0, 0.05) is 34.9 Å². The van der Waals surface area contributed by atoms with E-state index in [2.05, 4.69) is 0 Å². The Hall–Kier alpha value is -2.04. The van der Waals surface area contributed by atoms with Gasteiger partial charge in [0.1, 0.15) is 0 Å². The van der Waals surface area contributed by atoms with E-state index in [1.165, 1.54) is 4.90 Å². The molecule has 0 spiro atoms. The average Bonchev–Trinajstić information content (AvgIpc) is 2.49. The first kappa shape index (κ1) is 16.3. The van der Waals surface area contributed by atoms with E-state index in [4.69, 9.17) is 28.9 Å². The molecule has 0 atom stereocenters. The smallest absolute Gasteiger partial charge is 0.256 e. The van der Waals surface area contributed by atoms with E-state index >= 15 is 0 Å². The number of halogens is 2. The Morgan fingerprint density at radius 2 is 2.00 bits per heavy atom. The quantitative estimate of drug-likeness (QED) is 0.684. The second-order valence-electron chi connectivity index (χ2n) is 4.83. The van der Waals surface area contributed by atoms with E-state index in [1.54, 1.807) is 43.4 Å². The maximum absolute atomic E-state index is 12.6. The minimum absolute atomic E-state index is 0.193. The number of rotatable bonds is 4. The van der Waals surface area contributed by atoms with E-state index in [0.717, 1.165) is 0 Å². The molecule has 0 aromatic heterocycles. The van der Waals surface area contributed by atoms with Gasteiger partial charge >= 0.3 is 0 Å². The highest BCUT2D eigenvalue weighted by Gasteiger charge is 2.19. The van der Waals surface area contributed by atoms with Crippen molar-refractivity contribution in [1.82, 2.24) is 4.90 Å². The topological polar surface area (TPSA) is 63.4 Å². The Morgan fingerprint density at radius 3 is 2.68 bits per heavy atom. The van der Waals surface area contributed by atoms with E-state index in [0.29, 0.717) is 21.9 Å². The molecule has 6 heteroatoms. The highest BCUT2D eigenvalue weighted by atomic mass is 35.5. The third-order valence-electron chi connectivity index (χ3n) is 3.23. The average molecular weight is 337 g/mol. The lowest BCUT2D eigenvalue weighted by molar-refractivity contribution is 0.0783. The van der Waals surface area contributed by atoms with Crippen molar-refractivity contribution in [2.75, 3.05) is 12.8 Å². The Kier molecular flexibility index (Phi) is 5.06. The number of anilines is 1. The summed E-state index contributed by atoms with van der Waals surface area (Å²) in [5, 5.41) is 1.05. The van der Waals surface area contributed by atoms with Crippen LogP contribution in [0.4, 0.5) is 5.69 Å². The van der Waals surface area contributed by atoms with Crippen molar-refractivity contribution in [3.63, 3.8) is 0 Å². The predicted molar refractivity (Wildman–Crippen MR) is 88.5 cm³/mol. The van der Waals surface area contributed by atoms with Crippen LogP contribution in [0.2, 0.25) is 10.0 Å². The van der Waals surface area contributed by atoms with Crippen LogP contribution in [0.25, 0.3) is 0 Å². The molecule has 2 aromatic rings. The zero-order valence-electron chi connectivity index (χ0n) is 11.8. The predicted octanol–water partition coefficient (Wildman–Crippen LogP) is 3.66. The summed E-state index contributed by atoms with van der Waals surface area (Å²) in [6, 6.07) is 9.81. The van der Waals surface area contributed by atoms with Gasteiger partial charge in [0.2, 0.25) is 0 Å². The zero-order chi connectivity index (χ0) is 16.3. The summed E-state index contributed by atoms with van der Waals surface area (Å²) >= 11 is 12.0. The van der Waals surface area contributed by atoms with Crippen molar-refractivity contribution in [3.05, 3.63) is 63.1 Å². The number of carbonyl (C=O) groups is 2. The van der Waals surface area contributed by atoms with Crippen molar-refractivity contribution in [2.24, 2.45) is 0 Å². The standard InChI is InChI=1S/C16H14Cl2N2O2/c1-20(8-11-7-12(17)5-6-13(11)18)16(22)15-10(9-21)3-2-4-14(15)19/h2-7,9H,8,19H2,1H3. The van der Waals surface area contributed by atoms with E-state index in [-0.39, 0.29) is 29.3 Å². The fourth-order valence-corrected chi connectivity index (χ4v) is 2.49. The zero-order valence-corrected chi connectivity index (χ0v) is 13.4. The normalized spacial score (nSPS) is 10.3. The van der Waals surface area contributed by atoms with Gasteiger partial charge in [-0.25, -0.2) is 0 Å². The fourth-order valence-electron chi connectivity index (χ4n) is 2.12. The van der Waals surface area contributed by atoms with Crippen LogP contribution in [0.5, 0.6) is 0 Å². The van der Waals surface area contributed by atoms with Crippen LogP contribution in [0.1, 0.15) is 26.3 Å². The van der Waals surface area contributed by atoms with Crippen LogP contribution in [0.15, 0.2) is 36.4 Å². The molecule has 0 bridgehead atoms. The Labute approximate surface area is 138 Å². The third kappa shape index (κ3) is 3.40. The molecule has 1 amide bonds. The van der Waals surface area contributed by atoms with Crippen LogP contribution in [0, 0.1) is 0 Å². The summed E-state index contributed by atoms with van der Waals surface area (Å²) in [5.41, 5.74) is 7.26. The lowest BCUT2D eigenvalue weighted by Gasteiger charge is -2.20. The first-order valence-electron chi connectivity index (χ1n) is 6.47. The monoisotopic (exact) mass is 336 g/mol. The van der Waals surface area contributed by atoms with Crippen LogP contribution >= 0.6 is 23.2 Å². The summed E-state index contributed by atoms with van der Waals surface area (Å²) in [7, 11) is 1.61. The van der Waals surface area contributed by atoms with Crippen molar-refractivity contribution in [3.8, 4) is 0 Å². The molecule has 0 radical (unpaired) electrons. The first-order chi connectivity index (χ1) is 10.4. The number of nitrogen functional groups attached to an aromatic ring is 1. The van der Waals surface area contributed by atoms with Crippen molar-refractivity contribution >= 4 is 41.1 Å². The maximum atomic E-state index is 12.6. The van der Waals surface area contributed by atoms with Gasteiger partial charge in [0.25, 0.3) is 5.91 Å². The summed E-state index contributed by atoms with van der Waals surface area (Å²) in [6.07, 6.45) is 0.615. The molecule has 0 saturated carbocycles. The van der Waals surface area contributed by atoms with E-state index in [9.17, 15) is 9.59 Å². The minimum Gasteiger partial charge on any atom is -0.398 e. The molecular weight excluding hydrogens is 323 g/mol. The largest absolute Gasteiger partial charge is 0.398 e. The number of aldehydes is 1. The fraction of sp³-hybridized carbons (Fsp3) is 0.125. The SMILES string of the molecule is CN(Cc1cc(Cl)ccc1Cl)C(=O)c1c(N)cccc1C=O. The molecule has 0 aliphatic rings. The highest BCUT2D eigenvalue weighted by Crippen LogP contribution is 2.23. The number of hydrogen-bond donors (Lipinski definition) is 1. The molecule has 0 unspecified atom stereocenters. The lowest BCUT2D eigenvalue weighted by Crippen LogP contribution is -2.28. The highest BCUT2D eigenvalue weighted by molar-refractivity contribution is 6.33. The van der Waals surface area contributed by atoms with Crippen molar-refractivity contribution < 1.29 is 9.59 Å². The van der Waals surface area contributed by atoms with Gasteiger partial charge in [0.15, 0.2) is 6.29 Å². The van der Waals surface area contributed by atoms with Crippen LogP contribution in [-0.4, -0.2) is 24.1 Å². The van der Waals surface area contributed by atoms with Gasteiger partial charge in [-0.3, -0.25) is 9.59 Å². The molecule has 2 rings (SSSR count). The van der Waals surface area contributed by atoms with E-state index in [1.807, 2.05) is 0 Å². The van der Waals surface area contributed by atoms with Gasteiger partial charge in [-0.1, -0.05) is 35.3 Å². The second kappa shape index (κ2) is 6.81. The number of amides is 1. The number of benzene rings is 2. The Balaban J connectivity index is 2.30. The third-order valence-corrected chi connectivity index (χ3v) is 3.84. The number of carbonyl (C=O) groups excluding carboxylic acids is 2. The molecule has 0 aliphatic heterocycles. The number of nitrogens with two attached hydrogens (primary N) is 1. The van der Waals surface area contributed by atoms with Crippen LogP contribution in [-0.2, 0) is 6.54 Å². The summed E-state index contributed by atoms with van der Waals surface area (Å²) < 4.78 is 0. The Morgan fingerprint density at radius 1 is 1.27 bits per heavy atom. The molecule has 2 N–H and O–H groups in total. The van der Waals surface area contributed by atoms with Crippen molar-refractivity contribution in [1.29, 1.82) is 0 Å². The molecule has 0 saturated heterocycles. The van der Waals surface area contributed by atoms with Crippen LogP contribution in [0.3, 0.4) is 0 Å². The van der Waals surface area contributed by atoms with Gasteiger partial charge in [-0.05, 0) is 29.8 Å². The molecule has 114 valence electrons. The first-order valence-corrected chi connectivity index (χ1v) is 7.22. The molecule has 0 aliphatic carbocycles. The molecule has 4 nitrogen and oxygen atoms in total. The molecule has 0 fully saturated rings. The summed E-state index contributed by atoms with van der Waals surface area (Å²) in [4.78, 5) is 25.1. The van der Waals surface area contributed by atoms with Gasteiger partial charge in [-0.15, -0.1) is 0 Å². The maximum Gasteiger partial charge on any atom is 0.256 e. The Bertz CT molecular complexity index is 732. The van der Waals surface area contributed by atoms with Crippen molar-refractivity contribution in [2.45, 2.75) is 6.54 Å². The summed E-state index contributed by atoms with van der Waals surface area (Å²) in [5.74, 6) is -0.351. The summed E-state index contributed by atoms with van der Waals surface area (Å²) in [6.45, 7) is 0.255. The molecule has 2 aromatic carbocycles. The van der Waals surface area contributed by atoms with Gasteiger partial charge in [0.05, 0.1) is 5.56 Å². The molecular formula is C16H14Cl2N2O2. The minimum atomic E-state index is -0.351. The van der Waals surface area contributed by atoms with Gasteiger partial charge < -0.3 is 10.6 Å². The molecule has 22 heavy (non-hydrogen) atoms. The number of nitrogens with zero attached hydrogens (tertiary/aromatic N) is 1. The lowest BCUT2D eigenvalue weighted by atomic mass is 10.0.